The number of amides is 1. The van der Waals surface area contributed by atoms with Gasteiger partial charge in [0.05, 0.1) is 35.0 Å². The Balaban J connectivity index is 1.48. The Morgan fingerprint density at radius 1 is 1.11 bits per heavy atom. The highest BCUT2D eigenvalue weighted by Gasteiger charge is 2.17. The molecule has 4 N–H and O–H groups in total. The zero-order valence-corrected chi connectivity index (χ0v) is 19.1. The number of anilines is 2. The summed E-state index contributed by atoms with van der Waals surface area (Å²) in [4.78, 5) is 26.7. The molecule has 4 aromatic heterocycles. The van der Waals surface area contributed by atoms with Crippen molar-refractivity contribution >= 4 is 34.0 Å². The molecule has 11 heteroatoms. The summed E-state index contributed by atoms with van der Waals surface area (Å²) >= 11 is 0. The standard InChI is InChI=1S/C24H23N9O2/c1-14(25)10-28-19-4-3-18(21-22(19)27-8-7-26-21)24(34)32-16-9-20(35-17-5-6-29-30-11-17)23-31-15(2)12-33(23)13-16/h3-9,11-14,28H,10,25H2,1-2H3,(H,32,34)/t14-/m1/s1. The van der Waals surface area contributed by atoms with Crippen LogP contribution in [0, 0.1) is 6.92 Å². The second-order valence-electron chi connectivity index (χ2n) is 8.11. The molecule has 11 nitrogen and oxygen atoms in total. The lowest BCUT2D eigenvalue weighted by Crippen LogP contribution is -2.25. The molecule has 0 bridgehead atoms. The minimum atomic E-state index is -0.332. The fourth-order valence-electron chi connectivity index (χ4n) is 3.65. The number of imidazole rings is 1. The van der Waals surface area contributed by atoms with Gasteiger partial charge in [0.2, 0.25) is 0 Å². The van der Waals surface area contributed by atoms with Crippen LogP contribution in [0.4, 0.5) is 11.4 Å². The summed E-state index contributed by atoms with van der Waals surface area (Å²) in [6, 6.07) is 6.89. The molecule has 0 saturated heterocycles. The summed E-state index contributed by atoms with van der Waals surface area (Å²) in [5.41, 5.74) is 10.0. The van der Waals surface area contributed by atoms with Crippen LogP contribution in [0.2, 0.25) is 0 Å². The summed E-state index contributed by atoms with van der Waals surface area (Å²) in [5, 5.41) is 13.8. The Hall–Kier alpha value is -4.64. The van der Waals surface area contributed by atoms with Crippen LogP contribution in [0.25, 0.3) is 16.7 Å². The number of rotatable bonds is 7. The quantitative estimate of drug-likeness (QED) is 0.327. The van der Waals surface area contributed by atoms with E-state index >= 15 is 0 Å². The Bertz CT molecular complexity index is 1520. The monoisotopic (exact) mass is 469 g/mol. The van der Waals surface area contributed by atoms with E-state index in [4.69, 9.17) is 10.5 Å². The molecule has 0 aliphatic heterocycles. The lowest BCUT2D eigenvalue weighted by Gasteiger charge is -2.14. The zero-order chi connectivity index (χ0) is 24.4. The molecular weight excluding hydrogens is 446 g/mol. The SMILES string of the molecule is Cc1cn2cc(NC(=O)c3ccc(NC[C@@H](C)N)c4nccnc34)cc(Oc3ccnnc3)c2n1. The largest absolute Gasteiger partial charge is 0.452 e. The van der Waals surface area contributed by atoms with Gasteiger partial charge in [0.15, 0.2) is 11.4 Å². The number of aromatic nitrogens is 6. The molecule has 176 valence electrons. The topological polar surface area (TPSA) is 145 Å². The summed E-state index contributed by atoms with van der Waals surface area (Å²) in [6.45, 7) is 4.36. The fourth-order valence-corrected chi connectivity index (χ4v) is 3.65. The van der Waals surface area contributed by atoms with Gasteiger partial charge in [0.25, 0.3) is 5.91 Å². The van der Waals surface area contributed by atoms with Crippen LogP contribution >= 0.6 is 0 Å². The first kappa shape index (κ1) is 22.2. The second kappa shape index (κ2) is 9.31. The van der Waals surface area contributed by atoms with Gasteiger partial charge in [-0.1, -0.05) is 0 Å². The number of nitrogens with zero attached hydrogens (tertiary/aromatic N) is 6. The number of aryl methyl sites for hydroxylation is 1. The molecular formula is C24H23N9O2. The second-order valence-corrected chi connectivity index (χ2v) is 8.11. The third-order valence-electron chi connectivity index (χ3n) is 5.16. The molecule has 1 atom stereocenters. The molecule has 0 spiro atoms. The average molecular weight is 470 g/mol. The molecule has 0 saturated carbocycles. The predicted octanol–water partition coefficient (Wildman–Crippen LogP) is 3.18. The minimum absolute atomic E-state index is 0.0363. The molecule has 35 heavy (non-hydrogen) atoms. The molecule has 5 aromatic rings. The number of carbonyl (C=O) groups excluding carboxylic acids is 1. The number of fused-ring (bicyclic) bond motifs is 2. The molecule has 0 unspecified atom stereocenters. The van der Waals surface area contributed by atoms with Gasteiger partial charge in [-0.2, -0.15) is 10.2 Å². The highest BCUT2D eigenvalue weighted by molar-refractivity contribution is 6.13. The fraction of sp³-hybridized carbons (Fsp3) is 0.167. The van der Waals surface area contributed by atoms with Crippen molar-refractivity contribution in [3.8, 4) is 11.5 Å². The molecule has 0 aliphatic rings. The highest BCUT2D eigenvalue weighted by atomic mass is 16.5. The highest BCUT2D eigenvalue weighted by Crippen LogP contribution is 2.29. The number of benzene rings is 1. The van der Waals surface area contributed by atoms with Crippen LogP contribution < -0.4 is 21.1 Å². The summed E-state index contributed by atoms with van der Waals surface area (Å²) < 4.78 is 7.79. The number of ether oxygens (including phenoxy) is 1. The van der Waals surface area contributed by atoms with Crippen molar-refractivity contribution < 1.29 is 9.53 Å². The van der Waals surface area contributed by atoms with Gasteiger partial charge in [0.1, 0.15) is 16.8 Å². The molecule has 1 amide bonds. The number of nitrogens with one attached hydrogen (secondary N) is 2. The average Bonchev–Trinajstić information content (AvgIpc) is 3.23. The molecule has 0 fully saturated rings. The van der Waals surface area contributed by atoms with Crippen LogP contribution in [0.1, 0.15) is 23.0 Å². The third kappa shape index (κ3) is 4.70. The van der Waals surface area contributed by atoms with Gasteiger partial charge in [-0.15, -0.1) is 0 Å². The van der Waals surface area contributed by atoms with E-state index in [1.54, 1.807) is 41.2 Å². The summed E-state index contributed by atoms with van der Waals surface area (Å²) in [6.07, 6.45) is 9.81. The smallest absolute Gasteiger partial charge is 0.257 e. The first-order valence-corrected chi connectivity index (χ1v) is 11.0. The van der Waals surface area contributed by atoms with Crippen molar-refractivity contribution in [1.29, 1.82) is 0 Å². The van der Waals surface area contributed by atoms with E-state index in [9.17, 15) is 4.79 Å². The number of nitrogens with two attached hydrogens (primary N) is 1. The summed E-state index contributed by atoms with van der Waals surface area (Å²) in [5.74, 6) is 0.633. The lowest BCUT2D eigenvalue weighted by molar-refractivity contribution is 0.102. The number of carbonyl (C=O) groups is 1. The van der Waals surface area contributed by atoms with Crippen molar-refractivity contribution in [3.05, 3.63) is 72.7 Å². The van der Waals surface area contributed by atoms with Gasteiger partial charge < -0.3 is 25.5 Å². The van der Waals surface area contributed by atoms with E-state index in [-0.39, 0.29) is 11.9 Å². The maximum absolute atomic E-state index is 13.3. The van der Waals surface area contributed by atoms with Gasteiger partial charge in [-0.25, -0.2) is 4.98 Å². The molecule has 1 aromatic carbocycles. The van der Waals surface area contributed by atoms with Gasteiger partial charge in [-0.05, 0) is 26.0 Å². The summed E-state index contributed by atoms with van der Waals surface area (Å²) in [7, 11) is 0. The Morgan fingerprint density at radius 3 is 2.71 bits per heavy atom. The Kier molecular flexibility index (Phi) is 5.90. The van der Waals surface area contributed by atoms with E-state index in [0.29, 0.717) is 46.0 Å². The van der Waals surface area contributed by atoms with Crippen LogP contribution in [0.15, 0.2) is 61.4 Å². The lowest BCUT2D eigenvalue weighted by atomic mass is 10.1. The minimum Gasteiger partial charge on any atom is -0.452 e. The number of pyridine rings is 1. The van der Waals surface area contributed by atoms with Crippen LogP contribution in [0.3, 0.4) is 0 Å². The van der Waals surface area contributed by atoms with E-state index < -0.39 is 0 Å². The first-order chi connectivity index (χ1) is 17.0. The van der Waals surface area contributed by atoms with Crippen molar-refractivity contribution in [3.63, 3.8) is 0 Å². The van der Waals surface area contributed by atoms with E-state index in [2.05, 4.69) is 35.8 Å². The van der Waals surface area contributed by atoms with Crippen molar-refractivity contribution in [2.45, 2.75) is 19.9 Å². The van der Waals surface area contributed by atoms with E-state index in [1.807, 2.05) is 26.1 Å². The van der Waals surface area contributed by atoms with Crippen molar-refractivity contribution in [2.24, 2.45) is 5.73 Å². The van der Waals surface area contributed by atoms with E-state index in [0.717, 1.165) is 11.4 Å². The molecule has 5 rings (SSSR count). The molecule has 0 aliphatic carbocycles. The van der Waals surface area contributed by atoms with Gasteiger partial charge in [-0.3, -0.25) is 14.8 Å². The zero-order valence-electron chi connectivity index (χ0n) is 19.1. The van der Waals surface area contributed by atoms with Crippen molar-refractivity contribution in [1.82, 2.24) is 29.5 Å². The Morgan fingerprint density at radius 2 is 1.94 bits per heavy atom. The number of hydrogen-bond donors (Lipinski definition) is 3. The van der Waals surface area contributed by atoms with Gasteiger partial charge >= 0.3 is 0 Å². The Labute approximate surface area is 200 Å². The van der Waals surface area contributed by atoms with Crippen LogP contribution in [0.5, 0.6) is 11.5 Å². The first-order valence-electron chi connectivity index (χ1n) is 11.0. The third-order valence-corrected chi connectivity index (χ3v) is 5.16. The van der Waals surface area contributed by atoms with E-state index in [1.165, 1.54) is 12.4 Å². The van der Waals surface area contributed by atoms with Crippen LogP contribution in [-0.4, -0.2) is 48.0 Å². The molecule has 4 heterocycles. The normalized spacial score (nSPS) is 12.0. The predicted molar refractivity (Wildman–Crippen MR) is 132 cm³/mol. The number of hydrogen-bond acceptors (Lipinski definition) is 9. The van der Waals surface area contributed by atoms with Crippen LogP contribution in [-0.2, 0) is 0 Å². The maximum Gasteiger partial charge on any atom is 0.257 e. The maximum atomic E-state index is 13.3. The van der Waals surface area contributed by atoms with Gasteiger partial charge in [0, 0.05) is 49.5 Å². The van der Waals surface area contributed by atoms with Crippen molar-refractivity contribution in [2.75, 3.05) is 17.2 Å². The molecule has 0 radical (unpaired) electrons.